The minimum Gasteiger partial charge on any atom is -0.496 e. The molecular weight excluding hydrogens is 340 g/mol. The zero-order chi connectivity index (χ0) is 18.9. The highest BCUT2D eigenvalue weighted by Crippen LogP contribution is 2.40. The Bertz CT molecular complexity index is 957. The normalized spacial score (nSPS) is 11.8. The molecule has 0 fully saturated rings. The quantitative estimate of drug-likeness (QED) is 0.730. The van der Waals surface area contributed by atoms with Gasteiger partial charge in [0.15, 0.2) is 0 Å². The summed E-state index contributed by atoms with van der Waals surface area (Å²) >= 11 is 0. The summed E-state index contributed by atoms with van der Waals surface area (Å²) in [5.41, 5.74) is 1.02. The molecule has 0 bridgehead atoms. The lowest BCUT2D eigenvalue weighted by atomic mass is 9.95. The molecule has 0 spiro atoms. The van der Waals surface area contributed by atoms with Gasteiger partial charge in [-0.15, -0.1) is 0 Å². The number of fused-ring (bicyclic) bond motifs is 1. The molecule has 1 heterocycles. The lowest BCUT2D eigenvalue weighted by Crippen LogP contribution is -2.18. The van der Waals surface area contributed by atoms with E-state index < -0.39 is 11.6 Å². The van der Waals surface area contributed by atoms with Gasteiger partial charge in [-0.25, -0.2) is 0 Å². The third kappa shape index (κ3) is 3.02. The first-order valence-corrected chi connectivity index (χ1v) is 8.08. The van der Waals surface area contributed by atoms with E-state index in [0.717, 1.165) is 5.56 Å². The van der Waals surface area contributed by atoms with Gasteiger partial charge >= 0.3 is 5.92 Å². The molecule has 0 aliphatic heterocycles. The fraction of sp³-hybridized carbons (Fsp3) is 0.250. The Morgan fingerprint density at radius 2 is 1.73 bits per heavy atom. The summed E-state index contributed by atoms with van der Waals surface area (Å²) in [5, 5.41) is 19.7. The fourth-order valence-corrected chi connectivity index (χ4v) is 3.01. The summed E-state index contributed by atoms with van der Waals surface area (Å²) in [6.45, 7) is 1.14. The standard InChI is InChI=1S/C20H19F2NO3/c1-12-3-4-16(9-18(12)26-2)20(21,22)19-17-8-15(11-25)14(10-24)7-13(17)5-6-23-19/h3-9,24-25H,10-11H2,1-2H3. The second-order valence-electron chi connectivity index (χ2n) is 6.08. The Labute approximate surface area is 149 Å². The van der Waals surface area contributed by atoms with Crippen molar-refractivity contribution < 1.29 is 23.7 Å². The largest absolute Gasteiger partial charge is 0.496 e. The number of aromatic nitrogens is 1. The van der Waals surface area contributed by atoms with E-state index in [1.54, 1.807) is 25.1 Å². The number of halogens is 2. The molecule has 0 saturated carbocycles. The molecule has 1 aromatic heterocycles. The van der Waals surface area contributed by atoms with Crippen LogP contribution in [0.25, 0.3) is 10.8 Å². The van der Waals surface area contributed by atoms with E-state index in [1.165, 1.54) is 31.5 Å². The average molecular weight is 359 g/mol. The molecule has 4 nitrogen and oxygen atoms in total. The molecule has 0 saturated heterocycles. The van der Waals surface area contributed by atoms with Gasteiger partial charge in [0.1, 0.15) is 11.4 Å². The Kier molecular flexibility index (Phi) is 4.89. The Balaban J connectivity index is 2.23. The highest BCUT2D eigenvalue weighted by Gasteiger charge is 2.38. The molecule has 2 aromatic carbocycles. The number of aryl methyl sites for hydroxylation is 1. The molecule has 6 heteroatoms. The Morgan fingerprint density at radius 1 is 1.04 bits per heavy atom. The molecule has 0 aliphatic rings. The third-order valence-electron chi connectivity index (χ3n) is 4.49. The van der Waals surface area contributed by atoms with Crippen molar-refractivity contribution >= 4 is 10.8 Å². The summed E-state index contributed by atoms with van der Waals surface area (Å²) in [7, 11) is 1.43. The maximum absolute atomic E-state index is 15.3. The number of aliphatic hydroxyl groups excluding tert-OH is 2. The van der Waals surface area contributed by atoms with E-state index in [4.69, 9.17) is 4.74 Å². The minimum atomic E-state index is -3.35. The van der Waals surface area contributed by atoms with Crippen LogP contribution in [0.1, 0.15) is 27.9 Å². The number of nitrogens with zero attached hydrogens (tertiary/aromatic N) is 1. The first-order valence-electron chi connectivity index (χ1n) is 8.08. The van der Waals surface area contributed by atoms with Crippen molar-refractivity contribution in [3.05, 3.63) is 70.5 Å². The molecule has 0 unspecified atom stereocenters. The summed E-state index contributed by atoms with van der Waals surface area (Å²) in [6.07, 6.45) is 1.32. The van der Waals surface area contributed by atoms with E-state index >= 15 is 8.78 Å². The zero-order valence-electron chi connectivity index (χ0n) is 14.5. The van der Waals surface area contributed by atoms with Gasteiger partial charge in [0.2, 0.25) is 0 Å². The average Bonchev–Trinajstić information content (AvgIpc) is 2.66. The van der Waals surface area contributed by atoms with Gasteiger partial charge in [-0.3, -0.25) is 4.98 Å². The maximum atomic E-state index is 15.3. The van der Waals surface area contributed by atoms with Crippen LogP contribution in [-0.2, 0) is 19.1 Å². The molecule has 2 N–H and O–H groups in total. The molecular formula is C20H19F2NO3. The molecule has 0 atom stereocenters. The summed E-state index contributed by atoms with van der Waals surface area (Å²) in [4.78, 5) is 3.93. The van der Waals surface area contributed by atoms with Gasteiger partial charge in [-0.2, -0.15) is 8.78 Å². The van der Waals surface area contributed by atoms with E-state index in [-0.39, 0.29) is 24.2 Å². The maximum Gasteiger partial charge on any atom is 0.315 e. The van der Waals surface area contributed by atoms with E-state index in [2.05, 4.69) is 4.98 Å². The van der Waals surface area contributed by atoms with Crippen molar-refractivity contribution in [3.63, 3.8) is 0 Å². The van der Waals surface area contributed by atoms with Crippen molar-refractivity contribution in [2.24, 2.45) is 0 Å². The second-order valence-corrected chi connectivity index (χ2v) is 6.08. The van der Waals surface area contributed by atoms with Crippen LogP contribution >= 0.6 is 0 Å². The zero-order valence-corrected chi connectivity index (χ0v) is 14.5. The van der Waals surface area contributed by atoms with Crippen molar-refractivity contribution in [1.82, 2.24) is 4.98 Å². The molecule has 26 heavy (non-hydrogen) atoms. The van der Waals surface area contributed by atoms with Crippen LogP contribution in [0.4, 0.5) is 8.78 Å². The van der Waals surface area contributed by atoms with Crippen LogP contribution in [0.2, 0.25) is 0 Å². The van der Waals surface area contributed by atoms with Crippen LogP contribution in [0, 0.1) is 6.92 Å². The van der Waals surface area contributed by atoms with Gasteiger partial charge in [-0.05, 0) is 53.3 Å². The second kappa shape index (κ2) is 6.97. The number of aliphatic hydroxyl groups is 2. The van der Waals surface area contributed by atoms with Crippen LogP contribution in [0.15, 0.2) is 42.6 Å². The van der Waals surface area contributed by atoms with Crippen molar-refractivity contribution in [2.45, 2.75) is 26.1 Å². The highest BCUT2D eigenvalue weighted by molar-refractivity contribution is 5.87. The number of hydrogen-bond acceptors (Lipinski definition) is 4. The number of rotatable bonds is 5. The lowest BCUT2D eigenvalue weighted by Gasteiger charge is -2.20. The van der Waals surface area contributed by atoms with E-state index in [0.29, 0.717) is 22.3 Å². The Hall–Kier alpha value is -2.57. The number of methoxy groups -OCH3 is 1. The fourth-order valence-electron chi connectivity index (χ4n) is 3.01. The number of ether oxygens (including phenoxy) is 1. The van der Waals surface area contributed by atoms with Crippen molar-refractivity contribution in [2.75, 3.05) is 7.11 Å². The van der Waals surface area contributed by atoms with Crippen molar-refractivity contribution in [3.8, 4) is 5.75 Å². The first-order chi connectivity index (χ1) is 12.4. The van der Waals surface area contributed by atoms with Crippen LogP contribution in [0.3, 0.4) is 0 Å². The smallest absolute Gasteiger partial charge is 0.315 e. The van der Waals surface area contributed by atoms with Crippen LogP contribution in [0.5, 0.6) is 5.75 Å². The van der Waals surface area contributed by atoms with E-state index in [1.807, 2.05) is 0 Å². The topological polar surface area (TPSA) is 62.6 Å². The minimum absolute atomic E-state index is 0.225. The third-order valence-corrected chi connectivity index (χ3v) is 4.49. The van der Waals surface area contributed by atoms with Gasteiger partial charge < -0.3 is 14.9 Å². The van der Waals surface area contributed by atoms with Gasteiger partial charge in [0, 0.05) is 17.1 Å². The van der Waals surface area contributed by atoms with Gasteiger partial charge in [0.25, 0.3) is 0 Å². The molecule has 136 valence electrons. The van der Waals surface area contributed by atoms with Gasteiger partial charge in [0.05, 0.1) is 20.3 Å². The number of alkyl halides is 2. The first kappa shape index (κ1) is 18.2. The molecule has 0 aliphatic carbocycles. The predicted molar refractivity (Wildman–Crippen MR) is 94.3 cm³/mol. The van der Waals surface area contributed by atoms with Crippen LogP contribution in [-0.4, -0.2) is 22.3 Å². The Morgan fingerprint density at radius 3 is 2.38 bits per heavy atom. The highest BCUT2D eigenvalue weighted by atomic mass is 19.3. The number of hydrogen-bond donors (Lipinski definition) is 2. The predicted octanol–water partition coefficient (Wildman–Crippen LogP) is 3.68. The van der Waals surface area contributed by atoms with Crippen molar-refractivity contribution in [1.29, 1.82) is 0 Å². The number of benzene rings is 2. The monoisotopic (exact) mass is 359 g/mol. The molecule has 3 aromatic rings. The number of pyridine rings is 1. The molecule has 0 radical (unpaired) electrons. The summed E-state index contributed by atoms with van der Waals surface area (Å²) in [6, 6.07) is 8.90. The lowest BCUT2D eigenvalue weighted by molar-refractivity contribution is 0.0395. The summed E-state index contributed by atoms with van der Waals surface area (Å²) in [5.74, 6) is -2.98. The SMILES string of the molecule is COc1cc(C(F)(F)c2nccc3cc(CO)c(CO)cc23)ccc1C. The van der Waals surface area contributed by atoms with Crippen LogP contribution < -0.4 is 4.74 Å². The molecule has 3 rings (SSSR count). The van der Waals surface area contributed by atoms with E-state index in [9.17, 15) is 10.2 Å². The van der Waals surface area contributed by atoms with Gasteiger partial charge in [-0.1, -0.05) is 12.1 Å². The summed E-state index contributed by atoms with van der Waals surface area (Å²) < 4.78 is 35.7. The molecule has 0 amide bonds.